The predicted molar refractivity (Wildman–Crippen MR) is 104 cm³/mol. The van der Waals surface area contributed by atoms with E-state index < -0.39 is 10.0 Å². The topological polar surface area (TPSA) is 77.3 Å². The van der Waals surface area contributed by atoms with Gasteiger partial charge in [0.25, 0.3) is 0 Å². The predicted octanol–water partition coefficient (Wildman–Crippen LogP) is 2.11. The second-order valence-corrected chi connectivity index (χ2v) is 10.0. The molecule has 2 heterocycles. The standard InChI is InChI=1S/C19H28N4O3S/c1-19(2,3)16-7-5-6-15(12-16)13-22(27(4,24)25)14-18-21-20-17-8-10-26-11-9-23(17)18/h5-7,12H,8-11,13-14H2,1-4H3. The van der Waals surface area contributed by atoms with E-state index in [1.54, 1.807) is 0 Å². The Morgan fingerprint density at radius 1 is 1.19 bits per heavy atom. The molecule has 1 aromatic heterocycles. The number of hydrogen-bond acceptors (Lipinski definition) is 5. The van der Waals surface area contributed by atoms with Gasteiger partial charge in [0.2, 0.25) is 10.0 Å². The molecule has 1 aliphatic rings. The third kappa shape index (κ3) is 4.94. The van der Waals surface area contributed by atoms with Gasteiger partial charge in [-0.25, -0.2) is 8.42 Å². The van der Waals surface area contributed by atoms with Crippen LogP contribution in [0.25, 0.3) is 0 Å². The monoisotopic (exact) mass is 392 g/mol. The molecule has 1 aromatic carbocycles. The lowest BCUT2D eigenvalue weighted by Gasteiger charge is -2.23. The third-order valence-corrected chi connectivity index (χ3v) is 5.97. The summed E-state index contributed by atoms with van der Waals surface area (Å²) in [7, 11) is -3.40. The summed E-state index contributed by atoms with van der Waals surface area (Å²) >= 11 is 0. The Hall–Kier alpha value is -1.77. The highest BCUT2D eigenvalue weighted by atomic mass is 32.2. The van der Waals surface area contributed by atoms with Crippen molar-refractivity contribution in [2.45, 2.75) is 52.2 Å². The maximum Gasteiger partial charge on any atom is 0.211 e. The Bertz CT molecular complexity index is 900. The van der Waals surface area contributed by atoms with E-state index in [4.69, 9.17) is 4.74 Å². The molecule has 0 amide bonds. The molecule has 8 heteroatoms. The molecule has 0 unspecified atom stereocenters. The van der Waals surface area contributed by atoms with Gasteiger partial charge in [-0.3, -0.25) is 0 Å². The number of aromatic nitrogens is 3. The smallest absolute Gasteiger partial charge is 0.211 e. The van der Waals surface area contributed by atoms with Gasteiger partial charge in [-0.2, -0.15) is 4.31 Å². The van der Waals surface area contributed by atoms with Crippen LogP contribution in [0.5, 0.6) is 0 Å². The van der Waals surface area contributed by atoms with Crippen LogP contribution in [0.3, 0.4) is 0 Å². The Morgan fingerprint density at radius 3 is 2.67 bits per heavy atom. The van der Waals surface area contributed by atoms with Crippen molar-refractivity contribution in [2.75, 3.05) is 19.5 Å². The first-order chi connectivity index (χ1) is 12.6. The van der Waals surface area contributed by atoms with Crippen molar-refractivity contribution >= 4 is 10.0 Å². The van der Waals surface area contributed by atoms with Crippen LogP contribution in [0, 0.1) is 0 Å². The molecule has 0 atom stereocenters. The third-order valence-electron chi connectivity index (χ3n) is 4.77. The van der Waals surface area contributed by atoms with Crippen molar-refractivity contribution < 1.29 is 13.2 Å². The van der Waals surface area contributed by atoms with Crippen LogP contribution in [0.4, 0.5) is 0 Å². The van der Waals surface area contributed by atoms with Crippen LogP contribution < -0.4 is 0 Å². The minimum Gasteiger partial charge on any atom is -0.379 e. The number of hydrogen-bond donors (Lipinski definition) is 0. The number of fused-ring (bicyclic) bond motifs is 1. The Labute approximate surface area is 161 Å². The number of sulfonamides is 1. The van der Waals surface area contributed by atoms with Gasteiger partial charge in [-0.05, 0) is 16.5 Å². The van der Waals surface area contributed by atoms with Crippen LogP contribution in [0.1, 0.15) is 43.5 Å². The largest absolute Gasteiger partial charge is 0.379 e. The van der Waals surface area contributed by atoms with Crippen LogP contribution in [-0.4, -0.2) is 47.0 Å². The van der Waals surface area contributed by atoms with E-state index in [0.29, 0.717) is 38.5 Å². The first kappa shape index (κ1) is 20.0. The van der Waals surface area contributed by atoms with Crippen molar-refractivity contribution in [3.05, 3.63) is 47.0 Å². The molecule has 3 rings (SSSR count). The number of rotatable bonds is 5. The number of nitrogens with zero attached hydrogens (tertiary/aromatic N) is 4. The zero-order valence-electron chi connectivity index (χ0n) is 16.5. The molecule has 0 fully saturated rings. The van der Waals surface area contributed by atoms with E-state index >= 15 is 0 Å². The van der Waals surface area contributed by atoms with Crippen LogP contribution in [0.2, 0.25) is 0 Å². The van der Waals surface area contributed by atoms with E-state index in [2.05, 4.69) is 43.1 Å². The van der Waals surface area contributed by atoms with Gasteiger partial charge >= 0.3 is 0 Å². The van der Waals surface area contributed by atoms with E-state index in [1.165, 1.54) is 16.1 Å². The molecule has 0 radical (unpaired) electrons. The summed E-state index contributed by atoms with van der Waals surface area (Å²) < 4.78 is 33.8. The van der Waals surface area contributed by atoms with E-state index in [-0.39, 0.29) is 12.0 Å². The molecule has 148 valence electrons. The normalized spacial score (nSPS) is 15.6. The fourth-order valence-corrected chi connectivity index (χ4v) is 3.88. The number of benzene rings is 1. The molecule has 27 heavy (non-hydrogen) atoms. The van der Waals surface area contributed by atoms with Gasteiger partial charge in [-0.1, -0.05) is 45.0 Å². The SMILES string of the molecule is CC(C)(C)c1cccc(CN(Cc2nnc3n2CCOCC3)S(C)(=O)=O)c1. The van der Waals surface area contributed by atoms with Crippen molar-refractivity contribution in [2.24, 2.45) is 0 Å². The van der Waals surface area contributed by atoms with Crippen LogP contribution >= 0.6 is 0 Å². The lowest BCUT2D eigenvalue weighted by molar-refractivity contribution is 0.139. The molecule has 0 spiro atoms. The van der Waals surface area contributed by atoms with Crippen molar-refractivity contribution in [3.63, 3.8) is 0 Å². The first-order valence-electron chi connectivity index (χ1n) is 9.18. The van der Waals surface area contributed by atoms with Crippen molar-refractivity contribution in [1.29, 1.82) is 0 Å². The highest BCUT2D eigenvalue weighted by Gasteiger charge is 2.23. The Balaban J connectivity index is 1.85. The Morgan fingerprint density at radius 2 is 1.96 bits per heavy atom. The molecule has 0 N–H and O–H groups in total. The fourth-order valence-electron chi connectivity index (χ4n) is 3.14. The zero-order valence-corrected chi connectivity index (χ0v) is 17.3. The highest BCUT2D eigenvalue weighted by molar-refractivity contribution is 7.88. The summed E-state index contributed by atoms with van der Waals surface area (Å²) in [4.78, 5) is 0. The average molecular weight is 393 g/mol. The van der Waals surface area contributed by atoms with Gasteiger partial charge in [0.1, 0.15) is 11.6 Å². The molecule has 0 saturated carbocycles. The summed E-state index contributed by atoms with van der Waals surface area (Å²) in [6.07, 6.45) is 1.93. The summed E-state index contributed by atoms with van der Waals surface area (Å²) in [6, 6.07) is 8.10. The maximum atomic E-state index is 12.4. The summed E-state index contributed by atoms with van der Waals surface area (Å²) in [6.45, 7) is 8.80. The minimum absolute atomic E-state index is 0.0102. The minimum atomic E-state index is -3.40. The van der Waals surface area contributed by atoms with Gasteiger partial charge in [0.15, 0.2) is 0 Å². The average Bonchev–Trinajstić information content (AvgIpc) is 2.80. The molecular formula is C19H28N4O3S. The Kier molecular flexibility index (Phi) is 5.69. The van der Waals surface area contributed by atoms with Gasteiger partial charge in [0.05, 0.1) is 26.0 Å². The fraction of sp³-hybridized carbons (Fsp3) is 0.579. The molecule has 0 saturated heterocycles. The highest BCUT2D eigenvalue weighted by Crippen LogP contribution is 2.24. The molecule has 2 aromatic rings. The van der Waals surface area contributed by atoms with E-state index in [1.807, 2.05) is 16.7 Å². The summed E-state index contributed by atoms with van der Waals surface area (Å²) in [5.74, 6) is 1.51. The first-order valence-corrected chi connectivity index (χ1v) is 11.0. The zero-order chi connectivity index (χ0) is 19.7. The van der Waals surface area contributed by atoms with Crippen LogP contribution in [0.15, 0.2) is 24.3 Å². The number of ether oxygens (including phenoxy) is 1. The van der Waals surface area contributed by atoms with Gasteiger partial charge in [-0.15, -0.1) is 10.2 Å². The van der Waals surface area contributed by atoms with Crippen LogP contribution in [-0.2, 0) is 46.2 Å². The quantitative estimate of drug-likeness (QED) is 0.779. The summed E-state index contributed by atoms with van der Waals surface area (Å²) in [5, 5.41) is 8.46. The van der Waals surface area contributed by atoms with Crippen molar-refractivity contribution in [1.82, 2.24) is 19.1 Å². The van der Waals surface area contributed by atoms with Gasteiger partial charge < -0.3 is 9.30 Å². The second-order valence-electron chi connectivity index (χ2n) is 8.03. The molecule has 7 nitrogen and oxygen atoms in total. The summed E-state index contributed by atoms with van der Waals surface area (Å²) in [5.41, 5.74) is 2.16. The van der Waals surface area contributed by atoms with Crippen molar-refractivity contribution in [3.8, 4) is 0 Å². The molecule has 0 bridgehead atoms. The lowest BCUT2D eigenvalue weighted by atomic mass is 9.86. The lowest BCUT2D eigenvalue weighted by Crippen LogP contribution is -2.30. The maximum absolute atomic E-state index is 12.4. The van der Waals surface area contributed by atoms with E-state index in [0.717, 1.165) is 11.4 Å². The van der Waals surface area contributed by atoms with Gasteiger partial charge in [0, 0.05) is 19.5 Å². The molecular weight excluding hydrogens is 364 g/mol. The second kappa shape index (κ2) is 7.69. The van der Waals surface area contributed by atoms with E-state index in [9.17, 15) is 8.42 Å². The molecule has 0 aliphatic carbocycles. The molecule has 1 aliphatic heterocycles.